The lowest BCUT2D eigenvalue weighted by Gasteiger charge is -2.13. The van der Waals surface area contributed by atoms with E-state index < -0.39 is 0 Å². The molecular weight excluding hydrogens is 178 g/mol. The minimum absolute atomic E-state index is 0.0639. The van der Waals surface area contributed by atoms with Gasteiger partial charge in [-0.3, -0.25) is 0 Å². The lowest BCUT2D eigenvalue weighted by atomic mass is 10.3. The standard InChI is InChI=1S/C10H19N3O/c1-9(2)3-4-11-5-7-13-8-6-12-10(13)14/h3,11H,4-8H2,1-2H3,(H,12,14). The van der Waals surface area contributed by atoms with E-state index in [4.69, 9.17) is 0 Å². The van der Waals surface area contributed by atoms with Crippen LogP contribution >= 0.6 is 0 Å². The largest absolute Gasteiger partial charge is 0.336 e. The number of carbonyl (C=O) groups is 1. The van der Waals surface area contributed by atoms with Crippen molar-refractivity contribution in [3.05, 3.63) is 11.6 Å². The van der Waals surface area contributed by atoms with Crippen LogP contribution in [0.15, 0.2) is 11.6 Å². The van der Waals surface area contributed by atoms with Gasteiger partial charge in [0.25, 0.3) is 0 Å². The van der Waals surface area contributed by atoms with E-state index in [-0.39, 0.29) is 6.03 Å². The topological polar surface area (TPSA) is 44.4 Å². The average molecular weight is 197 g/mol. The first-order valence-corrected chi connectivity index (χ1v) is 5.07. The van der Waals surface area contributed by atoms with Crippen LogP contribution in [0.4, 0.5) is 4.79 Å². The Morgan fingerprint density at radius 3 is 3.00 bits per heavy atom. The lowest BCUT2D eigenvalue weighted by Crippen LogP contribution is -2.34. The molecule has 0 spiro atoms. The van der Waals surface area contributed by atoms with Gasteiger partial charge in [0.15, 0.2) is 0 Å². The normalized spacial score (nSPS) is 15.6. The highest BCUT2D eigenvalue weighted by atomic mass is 16.2. The van der Waals surface area contributed by atoms with Crippen LogP contribution in [-0.2, 0) is 0 Å². The zero-order valence-electron chi connectivity index (χ0n) is 8.97. The first kappa shape index (κ1) is 11.0. The molecule has 1 fully saturated rings. The fraction of sp³-hybridized carbons (Fsp3) is 0.700. The summed E-state index contributed by atoms with van der Waals surface area (Å²) in [5.74, 6) is 0. The zero-order chi connectivity index (χ0) is 10.4. The van der Waals surface area contributed by atoms with Crippen LogP contribution < -0.4 is 10.6 Å². The molecule has 4 nitrogen and oxygen atoms in total. The first-order valence-electron chi connectivity index (χ1n) is 5.07. The first-order chi connectivity index (χ1) is 6.70. The number of carbonyl (C=O) groups excluding carboxylic acids is 1. The third-order valence-corrected chi connectivity index (χ3v) is 2.16. The molecular formula is C10H19N3O. The minimum atomic E-state index is 0.0639. The van der Waals surface area contributed by atoms with Crippen molar-refractivity contribution < 1.29 is 4.79 Å². The van der Waals surface area contributed by atoms with Gasteiger partial charge in [0.1, 0.15) is 0 Å². The Balaban J connectivity index is 2.04. The molecule has 0 saturated carbocycles. The quantitative estimate of drug-likeness (QED) is 0.500. The zero-order valence-corrected chi connectivity index (χ0v) is 8.97. The van der Waals surface area contributed by atoms with Crippen LogP contribution in [0.25, 0.3) is 0 Å². The number of nitrogens with zero attached hydrogens (tertiary/aromatic N) is 1. The van der Waals surface area contributed by atoms with Gasteiger partial charge >= 0.3 is 6.03 Å². The van der Waals surface area contributed by atoms with Crippen LogP contribution in [0.1, 0.15) is 13.8 Å². The van der Waals surface area contributed by atoms with E-state index in [1.165, 1.54) is 5.57 Å². The maximum atomic E-state index is 11.1. The second kappa shape index (κ2) is 5.65. The Labute approximate surface area is 85.3 Å². The predicted molar refractivity (Wildman–Crippen MR) is 57.3 cm³/mol. The van der Waals surface area contributed by atoms with Crippen molar-refractivity contribution >= 4 is 6.03 Å². The van der Waals surface area contributed by atoms with Gasteiger partial charge in [-0.25, -0.2) is 4.79 Å². The molecule has 0 aromatic rings. The molecule has 1 heterocycles. The molecule has 0 bridgehead atoms. The number of urea groups is 1. The highest BCUT2D eigenvalue weighted by Gasteiger charge is 2.17. The van der Waals surface area contributed by atoms with Crippen molar-refractivity contribution in [2.45, 2.75) is 13.8 Å². The van der Waals surface area contributed by atoms with Crippen molar-refractivity contribution in [1.82, 2.24) is 15.5 Å². The highest BCUT2D eigenvalue weighted by molar-refractivity contribution is 5.76. The van der Waals surface area contributed by atoms with Crippen molar-refractivity contribution in [2.24, 2.45) is 0 Å². The maximum absolute atomic E-state index is 11.1. The molecule has 1 rings (SSSR count). The molecule has 2 amide bonds. The monoisotopic (exact) mass is 197 g/mol. The van der Waals surface area contributed by atoms with Crippen LogP contribution in [0.2, 0.25) is 0 Å². The van der Waals surface area contributed by atoms with E-state index in [0.29, 0.717) is 0 Å². The lowest BCUT2D eigenvalue weighted by molar-refractivity contribution is 0.217. The number of allylic oxidation sites excluding steroid dienone is 1. The molecule has 0 aliphatic carbocycles. The summed E-state index contributed by atoms with van der Waals surface area (Å²) in [7, 11) is 0. The van der Waals surface area contributed by atoms with Crippen molar-refractivity contribution in [1.29, 1.82) is 0 Å². The summed E-state index contributed by atoms with van der Waals surface area (Å²) in [5.41, 5.74) is 1.32. The minimum Gasteiger partial charge on any atom is -0.336 e. The highest BCUT2D eigenvalue weighted by Crippen LogP contribution is 1.94. The number of amides is 2. The van der Waals surface area contributed by atoms with Crippen LogP contribution in [-0.4, -0.2) is 43.7 Å². The maximum Gasteiger partial charge on any atom is 0.317 e. The Morgan fingerprint density at radius 2 is 2.43 bits per heavy atom. The molecule has 80 valence electrons. The molecule has 0 aromatic heterocycles. The van der Waals surface area contributed by atoms with E-state index in [9.17, 15) is 4.79 Å². The van der Waals surface area contributed by atoms with Gasteiger partial charge in [0, 0.05) is 32.7 Å². The summed E-state index contributed by atoms with van der Waals surface area (Å²) in [6.07, 6.45) is 2.14. The van der Waals surface area contributed by atoms with Crippen LogP contribution in [0, 0.1) is 0 Å². The van der Waals surface area contributed by atoms with Gasteiger partial charge < -0.3 is 15.5 Å². The Bertz CT molecular complexity index is 221. The average Bonchev–Trinajstić information content (AvgIpc) is 2.51. The van der Waals surface area contributed by atoms with Crippen LogP contribution in [0.5, 0.6) is 0 Å². The van der Waals surface area contributed by atoms with Crippen molar-refractivity contribution in [2.75, 3.05) is 32.7 Å². The molecule has 0 unspecified atom stereocenters. The Kier molecular flexibility index (Phi) is 4.46. The molecule has 1 aliphatic heterocycles. The summed E-state index contributed by atoms with van der Waals surface area (Å²) in [6, 6.07) is 0.0639. The molecule has 0 radical (unpaired) electrons. The van der Waals surface area contributed by atoms with E-state index in [1.807, 2.05) is 4.90 Å². The summed E-state index contributed by atoms with van der Waals surface area (Å²) >= 11 is 0. The smallest absolute Gasteiger partial charge is 0.317 e. The molecule has 2 N–H and O–H groups in total. The van der Waals surface area contributed by atoms with E-state index >= 15 is 0 Å². The van der Waals surface area contributed by atoms with Gasteiger partial charge in [-0.1, -0.05) is 11.6 Å². The van der Waals surface area contributed by atoms with E-state index in [1.54, 1.807) is 0 Å². The number of hydrogen-bond acceptors (Lipinski definition) is 2. The number of rotatable bonds is 5. The summed E-state index contributed by atoms with van der Waals surface area (Å²) in [5, 5.41) is 6.04. The third-order valence-electron chi connectivity index (χ3n) is 2.16. The summed E-state index contributed by atoms with van der Waals surface area (Å²) in [4.78, 5) is 13.0. The molecule has 1 aliphatic rings. The Hall–Kier alpha value is -1.03. The fourth-order valence-electron chi connectivity index (χ4n) is 1.32. The molecule has 14 heavy (non-hydrogen) atoms. The molecule has 0 aromatic carbocycles. The van der Waals surface area contributed by atoms with Crippen molar-refractivity contribution in [3.63, 3.8) is 0 Å². The number of hydrogen-bond donors (Lipinski definition) is 2. The van der Waals surface area contributed by atoms with E-state index in [2.05, 4.69) is 30.6 Å². The molecule has 0 atom stereocenters. The van der Waals surface area contributed by atoms with Gasteiger partial charge in [-0.05, 0) is 13.8 Å². The summed E-state index contributed by atoms with van der Waals surface area (Å²) in [6.45, 7) is 8.32. The second-order valence-electron chi connectivity index (χ2n) is 3.70. The third kappa shape index (κ3) is 3.79. The van der Waals surface area contributed by atoms with Gasteiger partial charge in [-0.2, -0.15) is 0 Å². The molecule has 4 heteroatoms. The van der Waals surface area contributed by atoms with E-state index in [0.717, 1.165) is 32.7 Å². The number of nitrogens with one attached hydrogen (secondary N) is 2. The second-order valence-corrected chi connectivity index (χ2v) is 3.70. The van der Waals surface area contributed by atoms with Crippen LogP contribution in [0.3, 0.4) is 0 Å². The molecule has 1 saturated heterocycles. The van der Waals surface area contributed by atoms with Gasteiger partial charge in [0.05, 0.1) is 0 Å². The summed E-state index contributed by atoms with van der Waals surface area (Å²) < 4.78 is 0. The SMILES string of the molecule is CC(C)=CCNCCN1CCNC1=O. The van der Waals surface area contributed by atoms with Gasteiger partial charge in [0.2, 0.25) is 0 Å². The fourth-order valence-corrected chi connectivity index (χ4v) is 1.32. The Morgan fingerprint density at radius 1 is 1.64 bits per heavy atom. The predicted octanol–water partition coefficient (Wildman–Crippen LogP) is 0.567. The van der Waals surface area contributed by atoms with Crippen molar-refractivity contribution in [3.8, 4) is 0 Å². The van der Waals surface area contributed by atoms with Gasteiger partial charge in [-0.15, -0.1) is 0 Å².